The van der Waals surface area contributed by atoms with Gasteiger partial charge in [-0.15, -0.1) is 0 Å². The van der Waals surface area contributed by atoms with E-state index in [1.165, 1.54) is 26.3 Å². The number of rotatable bonds is 16. The van der Waals surface area contributed by atoms with E-state index < -0.39 is 42.6 Å². The molecule has 0 N–H and O–H groups in total. The Bertz CT molecular complexity index is 1010. The summed E-state index contributed by atoms with van der Waals surface area (Å²) in [4.78, 5) is 41.0. The summed E-state index contributed by atoms with van der Waals surface area (Å²) in [7, 11) is 3.00. The molecule has 1 aromatic carbocycles. The van der Waals surface area contributed by atoms with E-state index in [9.17, 15) is 14.4 Å². The normalized spacial score (nSPS) is 13.2. The van der Waals surface area contributed by atoms with Gasteiger partial charge in [0.15, 0.2) is 23.0 Å². The third-order valence-electron chi connectivity index (χ3n) is 5.45. The van der Waals surface area contributed by atoms with Crippen LogP contribution in [0.4, 0.5) is 0 Å². The van der Waals surface area contributed by atoms with Crippen molar-refractivity contribution >= 4 is 17.7 Å². The highest BCUT2D eigenvalue weighted by Gasteiger charge is 2.28. The number of nitrogens with zero attached hydrogens (tertiary/aromatic N) is 1. The number of pyridine rings is 1. The summed E-state index contributed by atoms with van der Waals surface area (Å²) in [6.07, 6.45) is 0.778. The maximum absolute atomic E-state index is 13.0. The number of Topliss-reactive ketones (excluding diaryl/α,β-unsaturated/α-hetero) is 1. The average molecular weight is 518 g/mol. The number of hydrogen-bond acceptors (Lipinski definition) is 10. The molecule has 0 saturated carbocycles. The summed E-state index contributed by atoms with van der Waals surface area (Å²) in [5.74, 6) is -2.04. The van der Waals surface area contributed by atoms with Crippen molar-refractivity contribution in [2.45, 2.75) is 52.4 Å². The molecule has 2 rings (SSSR count). The van der Waals surface area contributed by atoms with E-state index in [-0.39, 0.29) is 23.6 Å². The largest absolute Gasteiger partial charge is 0.493 e. The van der Waals surface area contributed by atoms with Gasteiger partial charge >= 0.3 is 11.9 Å². The van der Waals surface area contributed by atoms with E-state index in [1.54, 1.807) is 21.0 Å². The van der Waals surface area contributed by atoms with Crippen LogP contribution in [-0.4, -0.2) is 62.5 Å². The number of ketones is 1. The fraction of sp³-hybridized carbons (Fsp3) is 0.481. The van der Waals surface area contributed by atoms with E-state index in [0.29, 0.717) is 19.6 Å². The second-order valence-corrected chi connectivity index (χ2v) is 8.38. The first-order valence-corrected chi connectivity index (χ1v) is 11.9. The van der Waals surface area contributed by atoms with Crippen LogP contribution in [0.1, 0.15) is 49.7 Å². The Morgan fingerprint density at radius 1 is 1.03 bits per heavy atom. The maximum atomic E-state index is 13.0. The lowest BCUT2D eigenvalue weighted by molar-refractivity contribution is -0.162. The Balaban J connectivity index is 2.02. The zero-order chi connectivity index (χ0) is 27.2. The van der Waals surface area contributed by atoms with Gasteiger partial charge < -0.3 is 28.4 Å². The monoisotopic (exact) mass is 517 g/mol. The molecule has 1 aromatic heterocycles. The number of carbonyl (C=O) groups excluding carboxylic acids is 3. The van der Waals surface area contributed by atoms with E-state index >= 15 is 0 Å². The van der Waals surface area contributed by atoms with Gasteiger partial charge in [-0.3, -0.25) is 14.4 Å². The molecule has 0 spiro atoms. The zero-order valence-corrected chi connectivity index (χ0v) is 21.9. The standard InChI is InChI=1S/C27H35NO9/c1-18(15-22(30)25-26(36-17-35-20(3)29)24(33-5)11-13-28-25)27(31)37-19(2)23(12-14-32-4)34-16-21-9-7-6-8-10-21/h6-11,13,18-19,23H,12,14-17H2,1-5H3/t18-,19+,23-/m1/s1. The van der Waals surface area contributed by atoms with Gasteiger partial charge in [0.25, 0.3) is 0 Å². The van der Waals surface area contributed by atoms with Gasteiger partial charge in [0.05, 0.1) is 25.7 Å². The van der Waals surface area contributed by atoms with Crippen LogP contribution in [-0.2, 0) is 35.1 Å². The number of benzene rings is 1. The SMILES string of the molecule is COCC[C@@H](OCc1ccccc1)[C@H](C)OC(=O)[C@H](C)CC(=O)c1nccc(OC)c1OCOC(C)=O. The number of aromatic nitrogens is 1. The van der Waals surface area contributed by atoms with Crippen molar-refractivity contribution in [2.75, 3.05) is 27.6 Å². The van der Waals surface area contributed by atoms with Crippen molar-refractivity contribution in [1.82, 2.24) is 4.98 Å². The molecule has 0 amide bonds. The minimum atomic E-state index is -0.763. The van der Waals surface area contributed by atoms with Crippen molar-refractivity contribution in [1.29, 1.82) is 0 Å². The van der Waals surface area contributed by atoms with Gasteiger partial charge in [0.1, 0.15) is 6.10 Å². The van der Waals surface area contributed by atoms with Crippen molar-refractivity contribution in [3.8, 4) is 11.5 Å². The molecule has 0 fully saturated rings. The van der Waals surface area contributed by atoms with Crippen molar-refractivity contribution in [3.05, 3.63) is 53.9 Å². The van der Waals surface area contributed by atoms with Crippen LogP contribution in [0, 0.1) is 5.92 Å². The quantitative estimate of drug-likeness (QED) is 0.185. The number of esters is 2. The first-order valence-electron chi connectivity index (χ1n) is 11.9. The molecule has 0 unspecified atom stereocenters. The highest BCUT2D eigenvalue weighted by molar-refractivity contribution is 5.99. The van der Waals surface area contributed by atoms with E-state index in [4.69, 9.17) is 28.4 Å². The molecule has 2 aromatic rings. The first kappa shape index (κ1) is 29.7. The second kappa shape index (κ2) is 15.6. The number of methoxy groups -OCH3 is 2. The zero-order valence-electron chi connectivity index (χ0n) is 21.9. The third-order valence-corrected chi connectivity index (χ3v) is 5.45. The molecule has 10 nitrogen and oxygen atoms in total. The fourth-order valence-corrected chi connectivity index (χ4v) is 3.40. The average Bonchev–Trinajstić information content (AvgIpc) is 2.88. The van der Waals surface area contributed by atoms with E-state index in [2.05, 4.69) is 4.98 Å². The Labute approximate surface area is 217 Å². The summed E-state index contributed by atoms with van der Waals surface area (Å²) >= 11 is 0. The topological polar surface area (TPSA) is 119 Å². The lowest BCUT2D eigenvalue weighted by Crippen LogP contribution is -2.34. The highest BCUT2D eigenvalue weighted by Crippen LogP contribution is 2.31. The Hall–Kier alpha value is -3.50. The second-order valence-electron chi connectivity index (χ2n) is 8.38. The summed E-state index contributed by atoms with van der Waals surface area (Å²) in [5.41, 5.74) is 0.961. The van der Waals surface area contributed by atoms with Crippen LogP contribution in [0.5, 0.6) is 11.5 Å². The Morgan fingerprint density at radius 2 is 1.76 bits per heavy atom. The Morgan fingerprint density at radius 3 is 2.41 bits per heavy atom. The molecule has 10 heteroatoms. The van der Waals surface area contributed by atoms with Gasteiger partial charge in [0.2, 0.25) is 6.79 Å². The predicted octanol–water partition coefficient (Wildman–Crippen LogP) is 3.75. The van der Waals surface area contributed by atoms with Crippen molar-refractivity contribution in [2.24, 2.45) is 5.92 Å². The van der Waals surface area contributed by atoms with Crippen molar-refractivity contribution in [3.63, 3.8) is 0 Å². The number of hydrogen-bond donors (Lipinski definition) is 0. The molecule has 0 aliphatic rings. The summed E-state index contributed by atoms with van der Waals surface area (Å²) in [6.45, 7) is 4.97. The first-order chi connectivity index (χ1) is 17.8. The summed E-state index contributed by atoms with van der Waals surface area (Å²) in [6, 6.07) is 11.2. The molecule has 0 aliphatic heterocycles. The molecule has 0 aliphatic carbocycles. The minimum absolute atomic E-state index is 0.0270. The van der Waals surface area contributed by atoms with E-state index in [1.807, 2.05) is 30.3 Å². The van der Waals surface area contributed by atoms with Gasteiger partial charge in [-0.2, -0.15) is 0 Å². The third kappa shape index (κ3) is 9.82. The maximum Gasteiger partial charge on any atom is 0.309 e. The lowest BCUT2D eigenvalue weighted by atomic mass is 10.0. The summed E-state index contributed by atoms with van der Waals surface area (Å²) < 4.78 is 32.3. The van der Waals surface area contributed by atoms with Crippen LogP contribution in [0.2, 0.25) is 0 Å². The molecule has 37 heavy (non-hydrogen) atoms. The minimum Gasteiger partial charge on any atom is -0.493 e. The van der Waals surface area contributed by atoms with E-state index in [0.717, 1.165) is 5.56 Å². The molecule has 1 heterocycles. The molecular formula is C27H35NO9. The molecule has 202 valence electrons. The highest BCUT2D eigenvalue weighted by atomic mass is 16.7. The fourth-order valence-electron chi connectivity index (χ4n) is 3.40. The molecule has 0 radical (unpaired) electrons. The predicted molar refractivity (Wildman–Crippen MR) is 133 cm³/mol. The summed E-state index contributed by atoms with van der Waals surface area (Å²) in [5, 5.41) is 0. The van der Waals surface area contributed by atoms with Crippen LogP contribution < -0.4 is 9.47 Å². The van der Waals surface area contributed by atoms with Crippen LogP contribution in [0.15, 0.2) is 42.6 Å². The van der Waals surface area contributed by atoms with Gasteiger partial charge in [-0.25, -0.2) is 4.98 Å². The molecule has 0 saturated heterocycles. The molecule has 3 atom stereocenters. The van der Waals surface area contributed by atoms with Crippen molar-refractivity contribution < 1.29 is 42.8 Å². The van der Waals surface area contributed by atoms with Gasteiger partial charge in [-0.1, -0.05) is 37.3 Å². The smallest absolute Gasteiger partial charge is 0.309 e. The number of ether oxygens (including phenoxy) is 6. The molecular weight excluding hydrogens is 482 g/mol. The number of carbonyl (C=O) groups is 3. The lowest BCUT2D eigenvalue weighted by Gasteiger charge is -2.25. The Kier molecular flexibility index (Phi) is 12.5. The van der Waals surface area contributed by atoms with Crippen LogP contribution >= 0.6 is 0 Å². The van der Waals surface area contributed by atoms with Gasteiger partial charge in [0, 0.05) is 45.7 Å². The van der Waals surface area contributed by atoms with Gasteiger partial charge in [-0.05, 0) is 12.5 Å². The van der Waals surface area contributed by atoms with Crippen LogP contribution in [0.3, 0.4) is 0 Å². The van der Waals surface area contributed by atoms with Crippen LogP contribution in [0.25, 0.3) is 0 Å². The molecule has 0 bridgehead atoms.